The zero-order chi connectivity index (χ0) is 14.8. The van der Waals surface area contributed by atoms with Gasteiger partial charge in [-0.25, -0.2) is 0 Å². The van der Waals surface area contributed by atoms with Crippen molar-refractivity contribution < 1.29 is 0 Å². The normalized spacial score (nSPS) is 10.8. The van der Waals surface area contributed by atoms with E-state index >= 15 is 0 Å². The molecule has 1 aromatic heterocycles. The van der Waals surface area contributed by atoms with Crippen molar-refractivity contribution in [3.05, 3.63) is 64.9 Å². The minimum Gasteiger partial charge on any atom is -0.278 e. The predicted octanol–water partition coefficient (Wildman–Crippen LogP) is 4.79. The minimum absolute atomic E-state index is 0.623. The highest BCUT2D eigenvalue weighted by Crippen LogP contribution is 2.30. The van der Waals surface area contributed by atoms with Crippen LogP contribution in [0.2, 0.25) is 5.02 Å². The highest BCUT2D eigenvalue weighted by Gasteiger charge is 2.16. The molecule has 0 saturated heterocycles. The van der Waals surface area contributed by atoms with Gasteiger partial charge in [0.1, 0.15) is 5.82 Å². The van der Waals surface area contributed by atoms with E-state index in [0.29, 0.717) is 10.4 Å². The summed E-state index contributed by atoms with van der Waals surface area (Å²) in [6, 6.07) is 16.0. The average Bonchev–Trinajstić information content (AvgIpc) is 2.92. The molecule has 0 aliphatic carbocycles. The van der Waals surface area contributed by atoms with Crippen LogP contribution in [0.1, 0.15) is 11.4 Å². The fraction of sp³-hybridized carbons (Fsp3) is 0.125. The van der Waals surface area contributed by atoms with Crippen molar-refractivity contribution in [1.82, 2.24) is 14.8 Å². The summed E-state index contributed by atoms with van der Waals surface area (Å²) >= 11 is 9.85. The summed E-state index contributed by atoms with van der Waals surface area (Å²) in [6.07, 6.45) is 0. The van der Waals surface area contributed by atoms with Crippen molar-refractivity contribution in [1.29, 1.82) is 0 Å². The third kappa shape index (κ3) is 2.74. The summed E-state index contributed by atoms with van der Waals surface area (Å²) in [7, 11) is 0. The highest BCUT2D eigenvalue weighted by atomic mass is 79.9. The molecule has 0 bridgehead atoms. The lowest BCUT2D eigenvalue weighted by Gasteiger charge is -2.10. The van der Waals surface area contributed by atoms with Gasteiger partial charge in [-0.05, 0) is 36.8 Å². The zero-order valence-electron chi connectivity index (χ0n) is 11.4. The Morgan fingerprint density at radius 3 is 2.52 bits per heavy atom. The molecule has 2 aromatic carbocycles. The molecule has 3 nitrogen and oxygen atoms in total. The van der Waals surface area contributed by atoms with E-state index in [2.05, 4.69) is 26.1 Å². The number of para-hydroxylation sites is 1. The lowest BCUT2D eigenvalue weighted by Crippen LogP contribution is -2.01. The summed E-state index contributed by atoms with van der Waals surface area (Å²) in [4.78, 5) is 0. The van der Waals surface area contributed by atoms with Crippen LogP contribution >= 0.6 is 27.5 Å². The number of nitrogens with zero attached hydrogens (tertiary/aromatic N) is 3. The lowest BCUT2D eigenvalue weighted by atomic mass is 10.1. The monoisotopic (exact) mass is 361 g/mol. The van der Waals surface area contributed by atoms with Crippen molar-refractivity contribution >= 4 is 27.5 Å². The van der Waals surface area contributed by atoms with Gasteiger partial charge in [-0.2, -0.15) is 0 Å². The van der Waals surface area contributed by atoms with E-state index in [0.717, 1.165) is 28.5 Å². The molecule has 0 N–H and O–H groups in total. The number of aromatic nitrogens is 3. The van der Waals surface area contributed by atoms with Crippen molar-refractivity contribution in [2.75, 3.05) is 0 Å². The number of alkyl halides is 1. The van der Waals surface area contributed by atoms with E-state index in [1.165, 1.54) is 0 Å². The molecule has 106 valence electrons. The smallest absolute Gasteiger partial charge is 0.170 e. The fourth-order valence-electron chi connectivity index (χ4n) is 2.23. The van der Waals surface area contributed by atoms with Gasteiger partial charge in [0.15, 0.2) is 5.82 Å². The molecule has 1 heterocycles. The first-order chi connectivity index (χ1) is 10.2. The Hall–Kier alpha value is -1.65. The topological polar surface area (TPSA) is 30.7 Å². The Morgan fingerprint density at radius 2 is 1.86 bits per heavy atom. The largest absolute Gasteiger partial charge is 0.278 e. The van der Waals surface area contributed by atoms with Gasteiger partial charge in [-0.3, -0.25) is 4.57 Å². The van der Waals surface area contributed by atoms with E-state index in [4.69, 9.17) is 11.6 Å². The second-order valence-electron chi connectivity index (χ2n) is 4.73. The lowest BCUT2D eigenvalue weighted by molar-refractivity contribution is 0.962. The summed E-state index contributed by atoms with van der Waals surface area (Å²) in [5.41, 5.74) is 3.02. The Morgan fingerprint density at radius 1 is 1.10 bits per heavy atom. The molecule has 0 atom stereocenters. The van der Waals surface area contributed by atoms with Crippen LogP contribution in [0.5, 0.6) is 0 Å². The minimum atomic E-state index is 0.623. The van der Waals surface area contributed by atoms with Gasteiger partial charge >= 0.3 is 0 Å². The Labute approximate surface area is 136 Å². The molecule has 0 aliphatic heterocycles. The second kappa shape index (κ2) is 6.00. The van der Waals surface area contributed by atoms with Crippen molar-refractivity contribution in [3.8, 4) is 17.1 Å². The molecule has 0 saturated carbocycles. The van der Waals surface area contributed by atoms with Crippen molar-refractivity contribution in [3.63, 3.8) is 0 Å². The number of halogens is 2. The Kier molecular flexibility index (Phi) is 4.08. The molecule has 0 fully saturated rings. The quantitative estimate of drug-likeness (QED) is 0.627. The number of aryl methyl sites for hydroxylation is 1. The molecule has 0 aliphatic rings. The van der Waals surface area contributed by atoms with Crippen LogP contribution in [-0.2, 0) is 5.33 Å². The summed E-state index contributed by atoms with van der Waals surface area (Å²) in [5.74, 6) is 1.59. The van der Waals surface area contributed by atoms with Gasteiger partial charge in [-0.15, -0.1) is 10.2 Å². The van der Waals surface area contributed by atoms with E-state index in [-0.39, 0.29) is 0 Å². The molecule has 0 unspecified atom stereocenters. The number of benzene rings is 2. The van der Waals surface area contributed by atoms with Gasteiger partial charge in [0, 0.05) is 11.3 Å². The SMILES string of the molecule is Cc1ccc(-c2nnc(CBr)n2-c2ccccc2)c(Cl)c1. The average molecular weight is 363 g/mol. The van der Waals surface area contributed by atoms with Gasteiger partial charge in [-0.1, -0.05) is 51.8 Å². The van der Waals surface area contributed by atoms with Crippen LogP contribution in [0.15, 0.2) is 48.5 Å². The van der Waals surface area contributed by atoms with Crippen molar-refractivity contribution in [2.24, 2.45) is 0 Å². The van der Waals surface area contributed by atoms with Crippen LogP contribution in [0, 0.1) is 6.92 Å². The number of rotatable bonds is 3. The molecule has 3 rings (SSSR count). The molecular formula is C16H13BrClN3. The van der Waals surface area contributed by atoms with Gasteiger partial charge in [0.25, 0.3) is 0 Å². The summed E-state index contributed by atoms with van der Waals surface area (Å²) in [6.45, 7) is 2.02. The van der Waals surface area contributed by atoms with E-state index in [9.17, 15) is 0 Å². The first kappa shape index (κ1) is 14.3. The number of hydrogen-bond acceptors (Lipinski definition) is 2. The van der Waals surface area contributed by atoms with Crippen LogP contribution in [0.3, 0.4) is 0 Å². The third-order valence-corrected chi connectivity index (χ3v) is 4.04. The van der Waals surface area contributed by atoms with Gasteiger partial charge < -0.3 is 0 Å². The number of hydrogen-bond donors (Lipinski definition) is 0. The zero-order valence-corrected chi connectivity index (χ0v) is 13.8. The van der Waals surface area contributed by atoms with Crippen LogP contribution in [0.4, 0.5) is 0 Å². The predicted molar refractivity (Wildman–Crippen MR) is 89.2 cm³/mol. The molecule has 5 heteroatoms. The van der Waals surface area contributed by atoms with E-state index < -0.39 is 0 Å². The molecule has 3 aromatic rings. The second-order valence-corrected chi connectivity index (χ2v) is 5.70. The summed E-state index contributed by atoms with van der Waals surface area (Å²) < 4.78 is 2.02. The van der Waals surface area contributed by atoms with Crippen LogP contribution in [0.25, 0.3) is 17.1 Å². The van der Waals surface area contributed by atoms with Crippen LogP contribution in [-0.4, -0.2) is 14.8 Å². The molecule has 0 spiro atoms. The Balaban J connectivity index is 2.22. The first-order valence-electron chi connectivity index (χ1n) is 6.53. The maximum absolute atomic E-state index is 6.38. The van der Waals surface area contributed by atoms with E-state index in [1.807, 2.05) is 60.0 Å². The maximum atomic E-state index is 6.38. The summed E-state index contributed by atoms with van der Waals surface area (Å²) in [5, 5.41) is 9.89. The van der Waals surface area contributed by atoms with Gasteiger partial charge in [0.05, 0.1) is 10.4 Å². The highest BCUT2D eigenvalue weighted by molar-refractivity contribution is 9.08. The molecule has 21 heavy (non-hydrogen) atoms. The molecule has 0 amide bonds. The molecular weight excluding hydrogens is 350 g/mol. The molecule has 0 radical (unpaired) electrons. The maximum Gasteiger partial charge on any atom is 0.170 e. The standard InChI is InChI=1S/C16H13BrClN3/c1-11-7-8-13(14(18)9-11)16-20-19-15(10-17)21(16)12-5-3-2-4-6-12/h2-9H,10H2,1H3. The van der Waals surface area contributed by atoms with Crippen LogP contribution < -0.4 is 0 Å². The third-order valence-electron chi connectivity index (χ3n) is 3.23. The fourth-order valence-corrected chi connectivity index (χ4v) is 2.91. The Bertz CT molecular complexity index is 768. The van der Waals surface area contributed by atoms with E-state index in [1.54, 1.807) is 0 Å². The van der Waals surface area contributed by atoms with Crippen molar-refractivity contribution in [2.45, 2.75) is 12.3 Å². The first-order valence-corrected chi connectivity index (χ1v) is 8.03. The van der Waals surface area contributed by atoms with Gasteiger partial charge in [0.2, 0.25) is 0 Å².